The van der Waals surface area contributed by atoms with E-state index in [4.69, 9.17) is 0 Å². The smallest absolute Gasteiger partial charge is 0.0721 e. The number of fused-ring (bicyclic) bond motifs is 15. The first-order valence-corrected chi connectivity index (χ1v) is 26.0. The lowest BCUT2D eigenvalue weighted by molar-refractivity contribution is 0.563. The predicted molar refractivity (Wildman–Crippen MR) is 300 cm³/mol. The molecule has 2 aliphatic rings. The van der Waals surface area contributed by atoms with Crippen LogP contribution in [0.2, 0.25) is 0 Å². The van der Waals surface area contributed by atoms with Crippen LogP contribution in [0.15, 0.2) is 218 Å². The normalized spacial score (nSPS) is 13.9. The lowest BCUT2D eigenvalue weighted by Gasteiger charge is -2.47. The summed E-state index contributed by atoms with van der Waals surface area (Å²) in [5, 5.41) is 5.17. The van der Waals surface area contributed by atoms with E-state index in [9.17, 15) is 0 Å². The van der Waals surface area contributed by atoms with Gasteiger partial charge >= 0.3 is 0 Å². The molecule has 0 amide bonds. The van der Waals surface area contributed by atoms with Crippen molar-refractivity contribution in [3.8, 4) is 11.1 Å². The van der Waals surface area contributed by atoms with Crippen LogP contribution in [0.4, 0.5) is 34.1 Å². The molecule has 2 nitrogen and oxygen atoms in total. The van der Waals surface area contributed by atoms with Gasteiger partial charge in [0.05, 0.1) is 26.2 Å². The van der Waals surface area contributed by atoms with Gasteiger partial charge in [0.15, 0.2) is 0 Å². The third-order valence-electron chi connectivity index (χ3n) is 15.5. The summed E-state index contributed by atoms with van der Waals surface area (Å²) in [7, 11) is 0. The van der Waals surface area contributed by atoms with Gasteiger partial charge in [-0.3, -0.25) is 0 Å². The van der Waals surface area contributed by atoms with Gasteiger partial charge in [-0.25, -0.2) is 0 Å². The summed E-state index contributed by atoms with van der Waals surface area (Å²) in [6, 6.07) is 82.8. The maximum atomic E-state index is 2.54. The van der Waals surface area contributed by atoms with Crippen molar-refractivity contribution in [1.29, 1.82) is 0 Å². The van der Waals surface area contributed by atoms with Crippen LogP contribution >= 0.6 is 22.7 Å². The maximum absolute atomic E-state index is 2.54. The van der Waals surface area contributed by atoms with Crippen LogP contribution < -0.4 is 9.80 Å². The minimum atomic E-state index is -0.634. The molecule has 2 aliphatic carbocycles. The van der Waals surface area contributed by atoms with Crippen LogP contribution in [0.25, 0.3) is 51.5 Å². The van der Waals surface area contributed by atoms with E-state index < -0.39 is 5.41 Å². The zero-order valence-corrected chi connectivity index (χ0v) is 41.1. The van der Waals surface area contributed by atoms with E-state index in [-0.39, 0.29) is 5.41 Å². The van der Waals surface area contributed by atoms with Gasteiger partial charge in [-0.15, -0.1) is 22.7 Å². The fourth-order valence-corrected chi connectivity index (χ4v) is 14.6. The highest BCUT2D eigenvalue weighted by atomic mass is 32.1. The molecule has 0 saturated heterocycles. The van der Waals surface area contributed by atoms with Crippen molar-refractivity contribution < 1.29 is 0 Å². The van der Waals surface area contributed by atoms with Crippen molar-refractivity contribution in [2.24, 2.45) is 0 Å². The molecule has 0 saturated carbocycles. The quantitative estimate of drug-likeness (QED) is 0.164. The Morgan fingerprint density at radius 1 is 0.329 bits per heavy atom. The summed E-state index contributed by atoms with van der Waals surface area (Å²) < 4.78 is 5.17. The second-order valence-electron chi connectivity index (χ2n) is 19.8. The van der Waals surface area contributed by atoms with Crippen molar-refractivity contribution in [3.63, 3.8) is 0 Å². The monoisotopic (exact) mass is 932 g/mol. The van der Waals surface area contributed by atoms with Gasteiger partial charge in [0.25, 0.3) is 0 Å². The molecule has 0 bridgehead atoms. The van der Waals surface area contributed by atoms with Crippen LogP contribution in [0.3, 0.4) is 0 Å². The Morgan fingerprint density at radius 2 is 0.700 bits per heavy atom. The number of thiophene rings is 2. The highest BCUT2D eigenvalue weighted by Crippen LogP contribution is 2.64. The average Bonchev–Trinajstić information content (AvgIpc) is 4.06. The van der Waals surface area contributed by atoms with Gasteiger partial charge < -0.3 is 9.80 Å². The van der Waals surface area contributed by atoms with Crippen LogP contribution in [0, 0.1) is 13.8 Å². The summed E-state index contributed by atoms with van der Waals surface area (Å²) in [6.45, 7) is 9.18. The van der Waals surface area contributed by atoms with E-state index in [0.29, 0.717) is 0 Å². The Hall–Kier alpha value is -7.76. The minimum Gasteiger partial charge on any atom is -0.309 e. The molecule has 1 spiro atoms. The fourth-order valence-electron chi connectivity index (χ4n) is 12.2. The Labute approximate surface area is 417 Å². The Morgan fingerprint density at radius 3 is 1.14 bits per heavy atom. The number of benzene rings is 10. The number of aryl methyl sites for hydroxylation is 2. The minimum absolute atomic E-state index is 0.230. The zero-order chi connectivity index (χ0) is 46.9. The van der Waals surface area contributed by atoms with Crippen LogP contribution in [0.1, 0.15) is 58.4 Å². The van der Waals surface area contributed by atoms with Gasteiger partial charge in [-0.1, -0.05) is 171 Å². The summed E-state index contributed by atoms with van der Waals surface area (Å²) in [5.74, 6) is 0. The first-order valence-electron chi connectivity index (χ1n) is 24.3. The highest BCUT2D eigenvalue weighted by Gasteiger charge is 2.53. The van der Waals surface area contributed by atoms with E-state index in [1.807, 2.05) is 22.7 Å². The molecule has 12 aromatic rings. The first-order chi connectivity index (χ1) is 34.3. The number of hydrogen-bond donors (Lipinski definition) is 0. The van der Waals surface area contributed by atoms with Crippen molar-refractivity contribution in [2.75, 3.05) is 9.80 Å². The Kier molecular flexibility index (Phi) is 9.05. The molecule has 2 aromatic heterocycles. The van der Waals surface area contributed by atoms with Crippen molar-refractivity contribution in [2.45, 2.75) is 38.5 Å². The molecule has 0 atom stereocenters. The largest absolute Gasteiger partial charge is 0.309 e. The summed E-state index contributed by atoms with van der Waals surface area (Å²) in [4.78, 5) is 5.02. The van der Waals surface area contributed by atoms with Crippen LogP contribution in [-0.4, -0.2) is 0 Å². The second-order valence-corrected chi connectivity index (χ2v) is 21.9. The van der Waals surface area contributed by atoms with E-state index in [1.54, 1.807) is 0 Å². The highest BCUT2D eigenvalue weighted by molar-refractivity contribution is 7.26. The van der Waals surface area contributed by atoms with Crippen molar-refractivity contribution in [1.82, 2.24) is 0 Å². The third kappa shape index (κ3) is 5.84. The molecule has 70 heavy (non-hydrogen) atoms. The molecule has 0 unspecified atom stereocenters. The molecule has 0 fully saturated rings. The van der Waals surface area contributed by atoms with Crippen LogP contribution in [-0.2, 0) is 10.8 Å². The maximum Gasteiger partial charge on any atom is 0.0721 e. The average molecular weight is 933 g/mol. The standard InChI is InChI=1S/C66H48N2S2/c1-41-27-31-43(32-28-41)67(59-23-13-17-51-49-15-5-11-25-61(49)69-63(51)59)45-35-37-47-48-38-36-46(68(44-33-29-42(2)30-34-44)60-24-14-18-52-50-16-6-12-26-62(50)70-64(52)60)40-58(48)66(57(47)39-45)55-21-9-7-19-53(55)65(3,4)54-20-8-10-22-56(54)66/h5-40H,1-4H3. The summed E-state index contributed by atoms with van der Waals surface area (Å²) >= 11 is 3.77. The summed E-state index contributed by atoms with van der Waals surface area (Å²) in [6.07, 6.45) is 0. The Balaban J connectivity index is 1.06. The molecule has 14 rings (SSSR count). The molecule has 2 heterocycles. The van der Waals surface area contributed by atoms with Gasteiger partial charge in [0.1, 0.15) is 0 Å². The van der Waals surface area contributed by atoms with Gasteiger partial charge in [-0.2, -0.15) is 0 Å². The molecular formula is C66H48N2S2. The number of rotatable bonds is 6. The molecule has 0 radical (unpaired) electrons. The SMILES string of the molecule is Cc1ccc(N(c2ccc3c(c2)C2(c4cc(N(c5ccc(C)cc5)c5cccc6c5sc5ccccc56)ccc4-3)c3ccccc3C(C)(C)c3ccccc32)c2cccc3c2sc2ccccc23)cc1. The summed E-state index contributed by atoms with van der Waals surface area (Å²) in [5.41, 5.74) is 19.1. The first kappa shape index (κ1) is 41.2. The fraction of sp³-hybridized carbons (Fsp3) is 0.0909. The van der Waals surface area contributed by atoms with E-state index in [1.165, 1.54) is 107 Å². The number of nitrogens with zero attached hydrogens (tertiary/aromatic N) is 2. The zero-order valence-electron chi connectivity index (χ0n) is 39.5. The van der Waals surface area contributed by atoms with E-state index >= 15 is 0 Å². The number of hydrogen-bond acceptors (Lipinski definition) is 4. The van der Waals surface area contributed by atoms with Crippen LogP contribution in [0.5, 0.6) is 0 Å². The lowest BCUT2D eigenvalue weighted by Crippen LogP contribution is -2.40. The second kappa shape index (κ2) is 15.4. The molecule has 4 heteroatoms. The van der Waals surface area contributed by atoms with Gasteiger partial charge in [-0.05, 0) is 131 Å². The van der Waals surface area contributed by atoms with Gasteiger partial charge in [0.2, 0.25) is 0 Å². The van der Waals surface area contributed by atoms with E-state index in [2.05, 4.69) is 256 Å². The third-order valence-corrected chi connectivity index (χ3v) is 17.9. The van der Waals surface area contributed by atoms with Gasteiger partial charge in [0, 0.05) is 59.1 Å². The molecule has 10 aromatic carbocycles. The molecule has 0 aliphatic heterocycles. The van der Waals surface area contributed by atoms with E-state index in [0.717, 1.165) is 22.7 Å². The van der Waals surface area contributed by atoms with Crippen molar-refractivity contribution >= 4 is 97.1 Å². The predicted octanol–water partition coefficient (Wildman–Crippen LogP) is 19.0. The molecule has 334 valence electrons. The van der Waals surface area contributed by atoms with Crippen molar-refractivity contribution in [3.05, 3.63) is 263 Å². The topological polar surface area (TPSA) is 6.48 Å². The molecular weight excluding hydrogens is 885 g/mol. The lowest BCUT2D eigenvalue weighted by atomic mass is 9.55. The molecule has 0 N–H and O–H groups in total. The number of anilines is 6. The Bertz CT molecular complexity index is 3810.